The molecule has 1 fully saturated rings. The van der Waals surface area contributed by atoms with Crippen LogP contribution >= 0.6 is 0 Å². The van der Waals surface area contributed by atoms with E-state index >= 15 is 0 Å². The highest BCUT2D eigenvalue weighted by molar-refractivity contribution is 5.90. The van der Waals surface area contributed by atoms with Crippen LogP contribution in [0.1, 0.15) is 28.3 Å². The van der Waals surface area contributed by atoms with E-state index < -0.39 is 0 Å². The van der Waals surface area contributed by atoms with Crippen LogP contribution in [0.2, 0.25) is 0 Å². The zero-order valence-electron chi connectivity index (χ0n) is 14.3. The van der Waals surface area contributed by atoms with Crippen molar-refractivity contribution in [1.29, 1.82) is 0 Å². The molecule has 132 valence electrons. The highest BCUT2D eigenvalue weighted by Crippen LogP contribution is 2.22. The third-order valence-electron chi connectivity index (χ3n) is 4.55. The molecule has 0 spiro atoms. The minimum Gasteiger partial charge on any atom is -0.380 e. The fourth-order valence-corrected chi connectivity index (χ4v) is 3.20. The number of aromatic nitrogens is 5. The lowest BCUT2D eigenvalue weighted by atomic mass is 10.1. The number of hydrogen-bond acceptors (Lipinski definition) is 7. The average molecular weight is 343 g/mol. The molecule has 25 heavy (non-hydrogen) atoms. The van der Waals surface area contributed by atoms with E-state index in [1.165, 1.54) is 11.0 Å². The zero-order valence-corrected chi connectivity index (χ0v) is 14.3. The Morgan fingerprint density at radius 1 is 1.20 bits per heavy atom. The lowest BCUT2D eigenvalue weighted by Crippen LogP contribution is -2.37. The van der Waals surface area contributed by atoms with Crippen molar-refractivity contribution >= 4 is 11.7 Å². The summed E-state index contributed by atoms with van der Waals surface area (Å²) in [5.41, 5.74) is 2.01. The van der Waals surface area contributed by atoms with Crippen molar-refractivity contribution in [3.63, 3.8) is 0 Å². The van der Waals surface area contributed by atoms with Crippen LogP contribution in [0, 0.1) is 0 Å². The standard InChI is InChI=1S/C16H21N7O2/c1-21-11-17-15(20-21)16(24)23-5-3-13-12(10-23)9-14(19-18-13)22-4-2-7-25-8-6-22/h9,11H,2-8,10H2,1H3. The molecular weight excluding hydrogens is 322 g/mol. The Morgan fingerprint density at radius 2 is 2.12 bits per heavy atom. The molecular formula is C16H21N7O2. The van der Waals surface area contributed by atoms with Crippen molar-refractivity contribution < 1.29 is 9.53 Å². The largest absolute Gasteiger partial charge is 0.380 e. The summed E-state index contributed by atoms with van der Waals surface area (Å²) in [5.74, 6) is 0.945. The van der Waals surface area contributed by atoms with Gasteiger partial charge in [0, 0.05) is 46.3 Å². The van der Waals surface area contributed by atoms with Crippen molar-refractivity contribution in [3.8, 4) is 0 Å². The van der Waals surface area contributed by atoms with Crippen LogP contribution in [0.3, 0.4) is 0 Å². The summed E-state index contributed by atoms with van der Waals surface area (Å²) in [7, 11) is 1.75. The van der Waals surface area contributed by atoms with E-state index in [0.717, 1.165) is 43.2 Å². The van der Waals surface area contributed by atoms with Crippen LogP contribution in [0.4, 0.5) is 5.82 Å². The molecule has 0 aliphatic carbocycles. The molecule has 2 aromatic rings. The SMILES string of the molecule is Cn1cnc(C(=O)N2CCc3nnc(N4CCCOCC4)cc3C2)n1. The van der Waals surface area contributed by atoms with E-state index in [1.54, 1.807) is 11.9 Å². The second-order valence-electron chi connectivity index (χ2n) is 6.35. The van der Waals surface area contributed by atoms with Gasteiger partial charge in [0.1, 0.15) is 6.33 Å². The molecule has 4 rings (SSSR count). The Kier molecular flexibility index (Phi) is 4.31. The minimum absolute atomic E-state index is 0.146. The quantitative estimate of drug-likeness (QED) is 0.760. The van der Waals surface area contributed by atoms with Gasteiger partial charge in [0.05, 0.1) is 12.3 Å². The first kappa shape index (κ1) is 15.9. The van der Waals surface area contributed by atoms with Gasteiger partial charge in [0.25, 0.3) is 5.91 Å². The van der Waals surface area contributed by atoms with Crippen LogP contribution in [0.15, 0.2) is 12.4 Å². The number of hydrogen-bond donors (Lipinski definition) is 0. The number of nitrogens with zero attached hydrogens (tertiary/aromatic N) is 7. The van der Waals surface area contributed by atoms with Crippen LogP contribution < -0.4 is 4.90 Å². The molecule has 2 aliphatic heterocycles. The Morgan fingerprint density at radius 3 is 2.96 bits per heavy atom. The fraction of sp³-hybridized carbons (Fsp3) is 0.562. The smallest absolute Gasteiger partial charge is 0.293 e. The van der Waals surface area contributed by atoms with Crippen molar-refractivity contribution in [1.82, 2.24) is 29.9 Å². The number of anilines is 1. The third kappa shape index (κ3) is 3.32. The van der Waals surface area contributed by atoms with Crippen LogP contribution in [0.25, 0.3) is 0 Å². The molecule has 2 aliphatic rings. The van der Waals surface area contributed by atoms with Crippen molar-refractivity contribution in [3.05, 3.63) is 29.5 Å². The van der Waals surface area contributed by atoms with Gasteiger partial charge in [-0.05, 0) is 18.1 Å². The molecule has 1 saturated heterocycles. The second-order valence-corrected chi connectivity index (χ2v) is 6.35. The molecule has 9 heteroatoms. The topological polar surface area (TPSA) is 89.3 Å². The highest BCUT2D eigenvalue weighted by Gasteiger charge is 2.26. The summed E-state index contributed by atoms with van der Waals surface area (Å²) in [6.45, 7) is 4.33. The normalized spacial score (nSPS) is 18.0. The third-order valence-corrected chi connectivity index (χ3v) is 4.55. The zero-order chi connectivity index (χ0) is 17.2. The van der Waals surface area contributed by atoms with Gasteiger partial charge in [0.15, 0.2) is 5.82 Å². The number of carbonyl (C=O) groups is 1. The predicted octanol–water partition coefficient (Wildman–Crippen LogP) is 0.0303. The molecule has 1 amide bonds. The van der Waals surface area contributed by atoms with Gasteiger partial charge in [-0.1, -0.05) is 0 Å². The lowest BCUT2D eigenvalue weighted by molar-refractivity contribution is 0.0720. The van der Waals surface area contributed by atoms with E-state index in [4.69, 9.17) is 4.74 Å². The van der Waals surface area contributed by atoms with E-state index in [1.807, 2.05) is 0 Å². The van der Waals surface area contributed by atoms with Gasteiger partial charge in [-0.2, -0.15) is 5.10 Å². The van der Waals surface area contributed by atoms with Crippen LogP contribution in [-0.2, 0) is 24.8 Å². The van der Waals surface area contributed by atoms with Crippen molar-refractivity contribution in [2.24, 2.45) is 7.05 Å². The molecule has 9 nitrogen and oxygen atoms in total. The maximum atomic E-state index is 12.6. The predicted molar refractivity (Wildman–Crippen MR) is 89.1 cm³/mol. The van der Waals surface area contributed by atoms with Crippen LogP contribution in [0.5, 0.6) is 0 Å². The summed E-state index contributed by atoms with van der Waals surface area (Å²) in [5, 5.41) is 12.9. The highest BCUT2D eigenvalue weighted by atomic mass is 16.5. The first-order valence-corrected chi connectivity index (χ1v) is 8.54. The molecule has 2 aromatic heterocycles. The van der Waals surface area contributed by atoms with Gasteiger partial charge in [-0.3, -0.25) is 9.48 Å². The molecule has 0 unspecified atom stereocenters. The summed E-state index contributed by atoms with van der Waals surface area (Å²) in [6.07, 6.45) is 3.22. The Balaban J connectivity index is 1.53. The molecule has 4 heterocycles. The molecule has 0 bridgehead atoms. The monoisotopic (exact) mass is 343 g/mol. The summed E-state index contributed by atoms with van der Waals surface area (Å²) >= 11 is 0. The van der Waals surface area contributed by atoms with E-state index in [0.29, 0.717) is 26.1 Å². The van der Waals surface area contributed by atoms with Crippen molar-refractivity contribution in [2.45, 2.75) is 19.4 Å². The molecule has 0 saturated carbocycles. The average Bonchev–Trinajstić information content (AvgIpc) is 2.90. The number of ether oxygens (including phenoxy) is 1. The van der Waals surface area contributed by atoms with Gasteiger partial charge in [0.2, 0.25) is 5.82 Å². The van der Waals surface area contributed by atoms with E-state index in [9.17, 15) is 4.79 Å². The minimum atomic E-state index is -0.146. The number of carbonyl (C=O) groups excluding carboxylic acids is 1. The Bertz CT molecular complexity index is 768. The van der Waals surface area contributed by atoms with E-state index in [-0.39, 0.29) is 11.7 Å². The molecule has 0 N–H and O–H groups in total. The number of fused-ring (bicyclic) bond motifs is 1. The lowest BCUT2D eigenvalue weighted by Gasteiger charge is -2.28. The Hall–Kier alpha value is -2.55. The number of amides is 1. The maximum Gasteiger partial charge on any atom is 0.293 e. The van der Waals surface area contributed by atoms with Gasteiger partial charge in [-0.25, -0.2) is 4.98 Å². The van der Waals surface area contributed by atoms with Crippen molar-refractivity contribution in [2.75, 3.05) is 37.7 Å². The van der Waals surface area contributed by atoms with E-state index in [2.05, 4.69) is 31.2 Å². The second kappa shape index (κ2) is 6.75. The first-order chi connectivity index (χ1) is 12.2. The van der Waals surface area contributed by atoms with Gasteiger partial charge < -0.3 is 14.5 Å². The van der Waals surface area contributed by atoms with Gasteiger partial charge in [-0.15, -0.1) is 10.2 Å². The van der Waals surface area contributed by atoms with Crippen LogP contribution in [-0.4, -0.2) is 68.6 Å². The van der Waals surface area contributed by atoms with Gasteiger partial charge >= 0.3 is 0 Å². The molecule has 0 aromatic carbocycles. The molecule has 0 atom stereocenters. The first-order valence-electron chi connectivity index (χ1n) is 8.54. The summed E-state index contributed by atoms with van der Waals surface area (Å²) in [6, 6.07) is 2.05. The summed E-state index contributed by atoms with van der Waals surface area (Å²) in [4.78, 5) is 20.6. The Labute approximate surface area is 145 Å². The maximum absolute atomic E-state index is 12.6. The molecule has 0 radical (unpaired) electrons. The summed E-state index contributed by atoms with van der Waals surface area (Å²) < 4.78 is 7.04. The fourth-order valence-electron chi connectivity index (χ4n) is 3.20. The number of aryl methyl sites for hydroxylation is 1. The number of rotatable bonds is 2.